The van der Waals surface area contributed by atoms with E-state index in [1.54, 1.807) is 36.4 Å². The van der Waals surface area contributed by atoms with Crippen LogP contribution in [-0.4, -0.2) is 48.7 Å². The first-order valence-electron chi connectivity index (χ1n) is 10.8. The van der Waals surface area contributed by atoms with Gasteiger partial charge in [0, 0.05) is 8.95 Å². The number of methoxy groups -OCH3 is 2. The van der Waals surface area contributed by atoms with Gasteiger partial charge in [-0.3, -0.25) is 4.79 Å². The molecule has 41 heavy (non-hydrogen) atoms. The van der Waals surface area contributed by atoms with E-state index in [1.165, 1.54) is 38.9 Å². The van der Waals surface area contributed by atoms with Crippen LogP contribution < -0.4 is 21.9 Å². The predicted octanol–water partition coefficient (Wildman–Crippen LogP) is 6.05. The van der Waals surface area contributed by atoms with Gasteiger partial charge in [0.2, 0.25) is 0 Å². The molecule has 2 aromatic heterocycles. The van der Waals surface area contributed by atoms with E-state index in [0.29, 0.717) is 30.3 Å². The van der Waals surface area contributed by atoms with E-state index < -0.39 is 11.9 Å². The van der Waals surface area contributed by atoms with Crippen molar-refractivity contribution in [3.05, 3.63) is 109 Å². The van der Waals surface area contributed by atoms with Crippen LogP contribution in [0.25, 0.3) is 0 Å². The van der Waals surface area contributed by atoms with Crippen LogP contribution in [0.4, 0.5) is 8.78 Å². The normalized spacial score (nSPS) is 9.71. The molecule has 0 amide bonds. The predicted molar refractivity (Wildman–Crippen MR) is 169 cm³/mol. The third-order valence-corrected chi connectivity index (χ3v) is 6.16. The van der Waals surface area contributed by atoms with Crippen LogP contribution in [0.15, 0.2) is 78.8 Å². The molecule has 0 aliphatic heterocycles. The van der Waals surface area contributed by atoms with Gasteiger partial charge < -0.3 is 42.2 Å². The number of furan rings is 2. The fourth-order valence-electron chi connectivity index (χ4n) is 2.62. The maximum Gasteiger partial charge on any atom is 2.00 e. The van der Waals surface area contributed by atoms with Crippen molar-refractivity contribution in [1.82, 2.24) is 0 Å². The molecule has 13 heteroatoms. The second-order valence-corrected chi connectivity index (χ2v) is 9.95. The molecule has 0 bridgehead atoms. The van der Waals surface area contributed by atoms with Crippen LogP contribution in [0.3, 0.4) is 0 Å². The Hall–Kier alpha value is -1.16. The number of aliphatic hydroxyl groups is 1. The molecule has 0 spiro atoms. The molecular weight excluding hydrogens is 817 g/mol. The summed E-state index contributed by atoms with van der Waals surface area (Å²) in [5.74, 6) is 0.639. The van der Waals surface area contributed by atoms with Crippen LogP contribution in [0.5, 0.6) is 11.5 Å². The van der Waals surface area contributed by atoms with Gasteiger partial charge in [0.1, 0.15) is 35.0 Å². The molecule has 0 saturated carbocycles. The van der Waals surface area contributed by atoms with E-state index in [-0.39, 0.29) is 65.8 Å². The Morgan fingerprint density at radius 2 is 1.44 bits per heavy atom. The number of halogens is 6. The first kappa shape index (κ1) is 44.3. The number of carbonyl (C=O) groups is 1. The molecule has 0 radical (unpaired) electrons. The van der Waals surface area contributed by atoms with E-state index in [9.17, 15) is 18.7 Å². The van der Waals surface area contributed by atoms with Gasteiger partial charge in [-0.05, 0) is 71.1 Å². The average molecular weight is 847 g/mol. The minimum absolute atomic E-state index is 0. The smallest absolute Gasteiger partial charge is 1.00 e. The number of hydrogen-bond donors (Lipinski definition) is 1. The van der Waals surface area contributed by atoms with Gasteiger partial charge in [0.15, 0.2) is 12.0 Å². The first-order valence-corrected chi connectivity index (χ1v) is 13.4. The molecule has 4 aromatic rings. The molecule has 0 aliphatic carbocycles. The summed E-state index contributed by atoms with van der Waals surface area (Å²) in [6.45, 7) is 4.00. The van der Waals surface area contributed by atoms with Gasteiger partial charge in [0.25, 0.3) is 0 Å². The third-order valence-electron chi connectivity index (χ3n) is 4.20. The van der Waals surface area contributed by atoms with Crippen LogP contribution >= 0.6 is 54.5 Å². The Bertz CT molecular complexity index is 1250. The molecule has 222 valence electrons. The maximum atomic E-state index is 13.8. The van der Waals surface area contributed by atoms with Gasteiger partial charge in [-0.15, -0.1) is 0 Å². The summed E-state index contributed by atoms with van der Waals surface area (Å²) < 4.78 is 48.1. The van der Waals surface area contributed by atoms with Crippen molar-refractivity contribution in [1.29, 1.82) is 0 Å². The molecule has 0 fully saturated rings. The van der Waals surface area contributed by atoms with Gasteiger partial charge in [-0.1, -0.05) is 39.3 Å². The van der Waals surface area contributed by atoms with Gasteiger partial charge in [0.05, 0.1) is 35.9 Å². The average Bonchev–Trinajstić information content (AvgIpc) is 3.61. The minimum atomic E-state index is -1.19. The number of carbonyl (C=O) groups excluding carboxylic acids is 1. The molecular formula is C28H30Br2ClF2IMgO6. The summed E-state index contributed by atoms with van der Waals surface area (Å²) in [5, 5.41) is 10.0. The van der Waals surface area contributed by atoms with Crippen LogP contribution in [-0.2, 0) is 0 Å². The summed E-state index contributed by atoms with van der Waals surface area (Å²) >= 11 is 8.23. The Balaban J connectivity index is -0.000000523. The molecule has 6 nitrogen and oxygen atoms in total. The fourth-order valence-corrected chi connectivity index (χ4v) is 3.97. The first-order chi connectivity index (χ1) is 18.1. The fraction of sp³-hybridized carbons (Fsp3) is 0.214. The number of hydrogen-bond acceptors (Lipinski definition) is 6. The van der Waals surface area contributed by atoms with Crippen molar-refractivity contribution in [3.63, 3.8) is 0 Å². The second kappa shape index (κ2) is 24.3. The molecule has 2 heterocycles. The SMILES string of the molecule is C.COc1cc(Br)cc(F)c1C(O)c1ccco1.COc1cc(Br)cc(F)c1I.C[CH-]C.O=Cc1ccco1.[Cl-].[Mg+2]. The summed E-state index contributed by atoms with van der Waals surface area (Å²) in [5.41, 5.74) is 0.0608. The number of benzene rings is 2. The van der Waals surface area contributed by atoms with E-state index >= 15 is 0 Å². The zero-order valence-corrected chi connectivity index (χ0v) is 29.5. The standard InChI is InChI=1S/C12H10BrFO3.C7H5BrFIO.C5H4O2.C3H7.CH4.ClH.Mg/c1-16-10-6-7(13)5-8(14)11(10)12(15)9-3-2-4-17-9;1-11-6-3-4(8)2-5(9)7(6)10;6-4-5-2-1-3-7-5;1-3-2;;;/h2-6,12,15H,1H3;2-3H,1H3;1-4H;3H,1-2H3;1H4;1H;/q;;;-1;;;+2/p-1. The third kappa shape index (κ3) is 15.2. The van der Waals surface area contributed by atoms with Gasteiger partial charge in [-0.2, -0.15) is 13.8 Å². The summed E-state index contributed by atoms with van der Waals surface area (Å²) in [7, 11) is 2.93. The van der Waals surface area contributed by atoms with Crippen LogP contribution in [0.1, 0.15) is 49.3 Å². The van der Waals surface area contributed by atoms with Crippen molar-refractivity contribution in [3.8, 4) is 11.5 Å². The summed E-state index contributed by atoms with van der Waals surface area (Å²) in [6.07, 6.45) is 4.36. The summed E-state index contributed by atoms with van der Waals surface area (Å²) in [4.78, 5) is 9.77. The second-order valence-electron chi connectivity index (χ2n) is 7.04. The van der Waals surface area contributed by atoms with Gasteiger partial charge in [-0.25, -0.2) is 8.78 Å². The molecule has 0 saturated heterocycles. The van der Waals surface area contributed by atoms with Crippen molar-refractivity contribution in [2.45, 2.75) is 27.4 Å². The molecule has 2 aromatic carbocycles. The summed E-state index contributed by atoms with van der Waals surface area (Å²) in [6, 6.07) is 12.5. The van der Waals surface area contributed by atoms with E-state index in [2.05, 4.69) is 36.3 Å². The van der Waals surface area contributed by atoms with E-state index in [1.807, 2.05) is 42.9 Å². The minimum Gasteiger partial charge on any atom is -1.00 e. The monoisotopic (exact) mass is 844 g/mol. The van der Waals surface area contributed by atoms with E-state index in [4.69, 9.17) is 13.9 Å². The van der Waals surface area contributed by atoms with Crippen molar-refractivity contribution >= 4 is 83.8 Å². The molecule has 1 N–H and O–H groups in total. The molecule has 1 atom stereocenters. The Morgan fingerprint density at radius 3 is 1.85 bits per heavy atom. The molecule has 0 aliphatic rings. The van der Waals surface area contributed by atoms with Gasteiger partial charge >= 0.3 is 23.1 Å². The topological polar surface area (TPSA) is 82.0 Å². The molecule has 4 rings (SSSR count). The maximum absolute atomic E-state index is 13.8. The van der Waals surface area contributed by atoms with Crippen LogP contribution in [0.2, 0.25) is 0 Å². The number of aldehydes is 1. The number of rotatable bonds is 5. The van der Waals surface area contributed by atoms with E-state index in [0.717, 1.165) is 0 Å². The Morgan fingerprint density at radius 1 is 0.951 bits per heavy atom. The number of aliphatic hydroxyl groups excluding tert-OH is 1. The van der Waals surface area contributed by atoms with Crippen LogP contribution in [0, 0.1) is 21.6 Å². The quantitative estimate of drug-likeness (QED) is 0.0867. The zero-order chi connectivity index (χ0) is 28.7. The van der Waals surface area contributed by atoms with Crippen molar-refractivity contribution < 1.29 is 49.4 Å². The van der Waals surface area contributed by atoms with Crippen molar-refractivity contribution in [2.24, 2.45) is 0 Å². The molecule has 1 unspecified atom stereocenters. The Labute approximate surface area is 292 Å². The largest absolute Gasteiger partial charge is 2.00 e. The van der Waals surface area contributed by atoms with Crippen molar-refractivity contribution in [2.75, 3.05) is 14.2 Å². The number of ether oxygens (including phenoxy) is 2. The zero-order valence-electron chi connectivity index (χ0n) is 22.0. The Kier molecular flexibility index (Phi) is 26.2.